The standard InChI is InChI=1S/C24H33N3O.C2H2O4/c1-26-14-16-13-22-20(19-10-7-11-21(26)23(16)19)12-17(15-27(22)2)24(28)25-18-8-5-3-4-6-9-18;3-1(4)2(5)6/h7,10-11,14,17-18,20,22H,3-6,8-9,12-13,15H2,1-2H3,(H,25,28);(H,3,4)(H,5,6)/t17-,20?,22-;/m1./s1. The number of amides is 1. The van der Waals surface area contributed by atoms with Gasteiger partial charge in [-0.05, 0) is 49.9 Å². The lowest BCUT2D eigenvalue weighted by Crippen LogP contribution is -2.52. The molecule has 1 unspecified atom stereocenters. The predicted octanol–water partition coefficient (Wildman–Crippen LogP) is 3.13. The van der Waals surface area contributed by atoms with Gasteiger partial charge in [-0.25, -0.2) is 9.59 Å². The van der Waals surface area contributed by atoms with Gasteiger partial charge in [0.2, 0.25) is 5.91 Å². The Morgan fingerprint density at radius 2 is 1.68 bits per heavy atom. The number of likely N-dealkylation sites (tertiary alicyclic amines) is 1. The first-order valence-corrected chi connectivity index (χ1v) is 12.3. The monoisotopic (exact) mass is 469 g/mol. The van der Waals surface area contributed by atoms with Crippen LogP contribution in [0.25, 0.3) is 10.9 Å². The van der Waals surface area contributed by atoms with Gasteiger partial charge in [-0.1, -0.05) is 37.8 Å². The normalized spacial score (nSPS) is 24.9. The first-order valence-electron chi connectivity index (χ1n) is 12.3. The average molecular weight is 470 g/mol. The number of aryl methyl sites for hydroxylation is 1. The summed E-state index contributed by atoms with van der Waals surface area (Å²) in [4.78, 5) is 33.8. The summed E-state index contributed by atoms with van der Waals surface area (Å²) in [6.45, 7) is 0.887. The molecule has 2 heterocycles. The summed E-state index contributed by atoms with van der Waals surface area (Å²) in [5, 5.41) is 19.7. The highest BCUT2D eigenvalue weighted by Gasteiger charge is 2.41. The van der Waals surface area contributed by atoms with E-state index in [1.165, 1.54) is 47.7 Å². The van der Waals surface area contributed by atoms with Crippen molar-refractivity contribution >= 4 is 28.7 Å². The lowest BCUT2D eigenvalue weighted by molar-refractivity contribution is -0.159. The SMILES string of the molecule is CN1C[C@H](C(=O)NC2CCCCCC2)CC2c3cccc4c3c(cn4C)C[C@H]21.O=C(O)C(=O)O. The van der Waals surface area contributed by atoms with E-state index in [1.54, 1.807) is 0 Å². The number of rotatable bonds is 2. The second-order valence-corrected chi connectivity index (χ2v) is 10.1. The van der Waals surface area contributed by atoms with Crippen LogP contribution in [0.5, 0.6) is 0 Å². The van der Waals surface area contributed by atoms with Crippen LogP contribution < -0.4 is 5.32 Å². The van der Waals surface area contributed by atoms with Crippen LogP contribution in [0, 0.1) is 5.92 Å². The zero-order valence-electron chi connectivity index (χ0n) is 20.0. The number of carbonyl (C=O) groups is 3. The number of hydrogen-bond donors (Lipinski definition) is 3. The maximum Gasteiger partial charge on any atom is 0.414 e. The third-order valence-corrected chi connectivity index (χ3v) is 7.79. The minimum atomic E-state index is -1.82. The topological polar surface area (TPSA) is 112 Å². The number of nitrogens with one attached hydrogen (secondary N) is 1. The van der Waals surface area contributed by atoms with Crippen LogP contribution >= 0.6 is 0 Å². The molecule has 2 fully saturated rings. The fourth-order valence-corrected chi connectivity index (χ4v) is 6.15. The van der Waals surface area contributed by atoms with Crippen LogP contribution in [0.3, 0.4) is 0 Å². The number of benzene rings is 1. The molecule has 2 aromatic rings. The second-order valence-electron chi connectivity index (χ2n) is 10.1. The highest BCUT2D eigenvalue weighted by molar-refractivity contribution is 6.27. The van der Waals surface area contributed by atoms with Crippen molar-refractivity contribution in [2.75, 3.05) is 13.6 Å². The Hall–Kier alpha value is -2.87. The molecule has 3 N–H and O–H groups in total. The second kappa shape index (κ2) is 10.2. The summed E-state index contributed by atoms with van der Waals surface area (Å²) in [6, 6.07) is 7.64. The number of aromatic nitrogens is 1. The number of nitrogens with zero attached hydrogens (tertiary/aromatic N) is 2. The highest BCUT2D eigenvalue weighted by Crippen LogP contribution is 2.44. The molecule has 1 saturated carbocycles. The quantitative estimate of drug-likeness (QED) is 0.460. The van der Waals surface area contributed by atoms with Crippen molar-refractivity contribution < 1.29 is 24.6 Å². The van der Waals surface area contributed by atoms with Crippen LogP contribution in [0.1, 0.15) is 62.0 Å². The summed E-state index contributed by atoms with van der Waals surface area (Å²) >= 11 is 0. The van der Waals surface area contributed by atoms with Crippen molar-refractivity contribution in [2.45, 2.75) is 69.4 Å². The van der Waals surface area contributed by atoms with Crippen molar-refractivity contribution in [1.82, 2.24) is 14.8 Å². The van der Waals surface area contributed by atoms with E-state index in [0.29, 0.717) is 23.9 Å². The first kappa shape index (κ1) is 24.3. The number of aliphatic carboxylic acids is 2. The van der Waals surface area contributed by atoms with E-state index in [1.807, 2.05) is 0 Å². The number of hydrogen-bond acceptors (Lipinski definition) is 4. The summed E-state index contributed by atoms with van der Waals surface area (Å²) in [5.74, 6) is -2.79. The summed E-state index contributed by atoms with van der Waals surface area (Å²) in [6.07, 6.45) is 11.9. The third-order valence-electron chi connectivity index (χ3n) is 7.79. The van der Waals surface area contributed by atoms with Crippen LogP contribution in [0.15, 0.2) is 24.4 Å². The van der Waals surface area contributed by atoms with E-state index in [0.717, 1.165) is 32.2 Å². The summed E-state index contributed by atoms with van der Waals surface area (Å²) in [5.41, 5.74) is 4.27. The molecule has 3 aliphatic rings. The molecule has 8 heteroatoms. The Kier molecular flexibility index (Phi) is 7.26. The molecule has 1 aromatic carbocycles. The average Bonchev–Trinajstić information content (AvgIpc) is 2.96. The minimum Gasteiger partial charge on any atom is -0.473 e. The lowest BCUT2D eigenvalue weighted by atomic mass is 9.72. The fourth-order valence-electron chi connectivity index (χ4n) is 6.15. The van der Waals surface area contributed by atoms with Crippen molar-refractivity contribution in [3.05, 3.63) is 35.5 Å². The number of carboxylic acid groups (broad SMARTS) is 2. The molecule has 0 bridgehead atoms. The molecular formula is C26H35N3O5. The number of carboxylic acids is 2. The molecule has 0 spiro atoms. The van der Waals surface area contributed by atoms with Gasteiger partial charge in [0.25, 0.3) is 0 Å². The Balaban J connectivity index is 0.000000408. The van der Waals surface area contributed by atoms with Gasteiger partial charge >= 0.3 is 11.9 Å². The van der Waals surface area contributed by atoms with E-state index in [-0.39, 0.29) is 5.92 Å². The number of carbonyl (C=O) groups excluding carboxylic acids is 1. The van der Waals surface area contributed by atoms with E-state index in [9.17, 15) is 4.79 Å². The zero-order chi connectivity index (χ0) is 24.4. The molecule has 3 atom stereocenters. The van der Waals surface area contributed by atoms with Crippen molar-refractivity contribution in [3.8, 4) is 0 Å². The predicted molar refractivity (Wildman–Crippen MR) is 129 cm³/mol. The van der Waals surface area contributed by atoms with E-state index in [2.05, 4.69) is 53.3 Å². The molecular weight excluding hydrogens is 434 g/mol. The Morgan fingerprint density at radius 1 is 1.00 bits per heavy atom. The van der Waals surface area contributed by atoms with Gasteiger partial charge in [0, 0.05) is 48.7 Å². The van der Waals surface area contributed by atoms with Crippen molar-refractivity contribution in [3.63, 3.8) is 0 Å². The fraction of sp³-hybridized carbons (Fsp3) is 0.577. The van der Waals surface area contributed by atoms with E-state index < -0.39 is 11.9 Å². The first-order chi connectivity index (χ1) is 16.3. The van der Waals surface area contributed by atoms with Gasteiger partial charge in [0.1, 0.15) is 0 Å². The Labute approximate surface area is 199 Å². The Bertz CT molecular complexity index is 1060. The maximum atomic E-state index is 13.1. The lowest BCUT2D eigenvalue weighted by Gasteiger charge is -2.45. The van der Waals surface area contributed by atoms with Crippen molar-refractivity contribution in [1.29, 1.82) is 0 Å². The van der Waals surface area contributed by atoms with Crippen LogP contribution in [0.4, 0.5) is 0 Å². The molecule has 8 nitrogen and oxygen atoms in total. The third kappa shape index (κ3) is 4.97. The maximum absolute atomic E-state index is 13.1. The van der Waals surface area contributed by atoms with E-state index >= 15 is 0 Å². The molecule has 5 rings (SSSR count). The Morgan fingerprint density at radius 3 is 2.32 bits per heavy atom. The largest absolute Gasteiger partial charge is 0.473 e. The summed E-state index contributed by atoms with van der Waals surface area (Å²) in [7, 11) is 4.37. The summed E-state index contributed by atoms with van der Waals surface area (Å²) < 4.78 is 2.27. The van der Waals surface area contributed by atoms with Gasteiger partial charge in [-0.3, -0.25) is 4.79 Å². The van der Waals surface area contributed by atoms with Crippen LogP contribution in [-0.4, -0.2) is 63.2 Å². The van der Waals surface area contributed by atoms with Crippen molar-refractivity contribution in [2.24, 2.45) is 13.0 Å². The van der Waals surface area contributed by atoms with Crippen LogP contribution in [0.2, 0.25) is 0 Å². The zero-order valence-corrected chi connectivity index (χ0v) is 20.0. The van der Waals surface area contributed by atoms with Gasteiger partial charge in [-0.15, -0.1) is 0 Å². The molecule has 1 aliphatic heterocycles. The minimum absolute atomic E-state index is 0.107. The van der Waals surface area contributed by atoms with Gasteiger partial charge in [-0.2, -0.15) is 0 Å². The smallest absolute Gasteiger partial charge is 0.414 e. The molecule has 1 amide bonds. The molecule has 2 aliphatic carbocycles. The van der Waals surface area contributed by atoms with E-state index in [4.69, 9.17) is 19.8 Å². The number of likely N-dealkylation sites (N-methyl/N-ethyl adjacent to an activating group) is 1. The van der Waals surface area contributed by atoms with Crippen LogP contribution in [-0.2, 0) is 27.9 Å². The molecule has 184 valence electrons. The molecule has 1 aromatic heterocycles. The number of piperidine rings is 1. The van der Waals surface area contributed by atoms with Gasteiger partial charge in [0.15, 0.2) is 0 Å². The molecule has 34 heavy (non-hydrogen) atoms. The van der Waals surface area contributed by atoms with Gasteiger partial charge in [0.05, 0.1) is 5.92 Å². The molecule has 0 radical (unpaired) electrons. The number of fused-ring (bicyclic) bond motifs is 2. The van der Waals surface area contributed by atoms with Gasteiger partial charge < -0.3 is 25.0 Å². The molecule has 1 saturated heterocycles. The highest BCUT2D eigenvalue weighted by atomic mass is 16.4.